The third-order valence-corrected chi connectivity index (χ3v) is 6.58. The second-order valence-electron chi connectivity index (χ2n) is 10.0. The highest BCUT2D eigenvalue weighted by Crippen LogP contribution is 2.41. The number of fused-ring (bicyclic) bond motifs is 1. The van der Waals surface area contributed by atoms with Crippen LogP contribution < -0.4 is 0 Å². The first-order valence-electron chi connectivity index (χ1n) is 11.8. The van der Waals surface area contributed by atoms with E-state index in [1.165, 1.54) is 10.9 Å². The molecule has 3 aromatic carbocycles. The van der Waals surface area contributed by atoms with Crippen LogP contribution in [0.3, 0.4) is 0 Å². The fourth-order valence-electron chi connectivity index (χ4n) is 5.08. The first-order valence-corrected chi connectivity index (χ1v) is 11.8. The highest BCUT2D eigenvalue weighted by atomic mass is 16.6. The second kappa shape index (κ2) is 9.27. The van der Waals surface area contributed by atoms with Crippen molar-refractivity contribution >= 4 is 16.9 Å². The molecule has 33 heavy (non-hydrogen) atoms. The minimum absolute atomic E-state index is 0.0737. The Hall–Kier alpha value is -3.32. The Morgan fingerprint density at radius 2 is 1.79 bits per heavy atom. The van der Waals surface area contributed by atoms with Crippen LogP contribution in [0.4, 0.5) is 4.79 Å². The van der Waals surface area contributed by atoms with Gasteiger partial charge in [0.05, 0.1) is 17.7 Å². The number of hydrogen-bond acceptors (Lipinski definition) is 3. The summed E-state index contributed by atoms with van der Waals surface area (Å²) in [7, 11) is 0. The van der Waals surface area contributed by atoms with Crippen LogP contribution >= 0.6 is 0 Å². The third kappa shape index (κ3) is 5.03. The lowest BCUT2D eigenvalue weighted by Gasteiger charge is -2.37. The fourth-order valence-corrected chi connectivity index (χ4v) is 5.08. The van der Waals surface area contributed by atoms with E-state index >= 15 is 0 Å². The zero-order valence-corrected chi connectivity index (χ0v) is 19.9. The Kier molecular flexibility index (Phi) is 6.42. The Labute approximate surface area is 196 Å². The van der Waals surface area contributed by atoms with Gasteiger partial charge in [-0.25, -0.2) is 4.79 Å². The maximum atomic E-state index is 13.5. The first-order chi connectivity index (χ1) is 15.8. The molecule has 3 aromatic rings. The molecular weight excluding hydrogens is 408 g/mol. The number of hydrogen-bond donors (Lipinski definition) is 0. The van der Waals surface area contributed by atoms with Crippen molar-refractivity contribution in [2.24, 2.45) is 0 Å². The average molecular weight is 441 g/mol. The minimum Gasteiger partial charge on any atom is -0.444 e. The van der Waals surface area contributed by atoms with Gasteiger partial charge in [-0.2, -0.15) is 5.26 Å². The molecule has 170 valence electrons. The number of nitriles is 1. The smallest absolute Gasteiger partial charge is 0.411 e. The fraction of sp³-hybridized carbons (Fsp3) is 0.379. The van der Waals surface area contributed by atoms with Gasteiger partial charge in [0.25, 0.3) is 0 Å². The number of carbonyl (C=O) groups excluding carboxylic acids is 1. The first kappa shape index (κ1) is 22.9. The number of benzene rings is 3. The molecule has 4 rings (SSSR count). The van der Waals surface area contributed by atoms with Crippen molar-refractivity contribution in [2.45, 2.75) is 70.6 Å². The van der Waals surface area contributed by atoms with Crippen molar-refractivity contribution in [3.8, 4) is 6.07 Å². The normalized spacial score (nSPS) is 19.1. The van der Waals surface area contributed by atoms with Crippen molar-refractivity contribution in [3.63, 3.8) is 0 Å². The molecular formula is C29H32N2O2. The van der Waals surface area contributed by atoms with E-state index in [4.69, 9.17) is 4.74 Å². The predicted molar refractivity (Wildman–Crippen MR) is 132 cm³/mol. The average Bonchev–Trinajstić information content (AvgIpc) is 3.27. The summed E-state index contributed by atoms with van der Waals surface area (Å²) in [5.41, 5.74) is 2.43. The summed E-state index contributed by atoms with van der Waals surface area (Å²) in [5, 5.41) is 11.6. The van der Waals surface area contributed by atoms with Gasteiger partial charge in [0.15, 0.2) is 0 Å². The Morgan fingerprint density at radius 3 is 2.55 bits per heavy atom. The summed E-state index contributed by atoms with van der Waals surface area (Å²) in [6.45, 7) is 7.85. The molecule has 0 N–H and O–H groups in total. The standard InChI is InChI=1S/C29H32N2O2/c1-20(26-14-8-11-22-10-5-6-13-27(22)26)31(28(32)33-29(2,3)4)25-16-15-24(18-25)23-12-7-9-21(17-23)19-30/h5-14,17,20,24-25H,15-16,18H2,1-4H3/t20-,24-,25+/m1/s1. The summed E-state index contributed by atoms with van der Waals surface area (Å²) in [6, 6.07) is 24.7. The van der Waals surface area contributed by atoms with Crippen LogP contribution in [0.5, 0.6) is 0 Å². The van der Waals surface area contributed by atoms with E-state index in [1.807, 2.05) is 56.0 Å². The van der Waals surface area contributed by atoms with Crippen molar-refractivity contribution in [3.05, 3.63) is 83.4 Å². The van der Waals surface area contributed by atoms with Crippen molar-refractivity contribution in [2.75, 3.05) is 0 Å². The SMILES string of the molecule is C[C@H](c1cccc2ccccc12)N(C(=O)OC(C)(C)C)[C@H]1CC[C@@H](c2cccc(C#N)c2)C1. The van der Waals surface area contributed by atoms with Crippen LogP contribution in [0.1, 0.15) is 75.6 Å². The van der Waals surface area contributed by atoms with Gasteiger partial charge in [0, 0.05) is 6.04 Å². The molecule has 0 aliphatic heterocycles. The van der Waals surface area contributed by atoms with Gasteiger partial charge in [0.1, 0.15) is 5.60 Å². The van der Waals surface area contributed by atoms with E-state index in [9.17, 15) is 10.1 Å². The molecule has 0 spiro atoms. The molecule has 4 nitrogen and oxygen atoms in total. The van der Waals surface area contributed by atoms with Crippen LogP contribution in [0.2, 0.25) is 0 Å². The molecule has 0 saturated heterocycles. The lowest BCUT2D eigenvalue weighted by molar-refractivity contribution is 0.00693. The third-order valence-electron chi connectivity index (χ3n) is 6.58. The lowest BCUT2D eigenvalue weighted by Crippen LogP contribution is -2.44. The second-order valence-corrected chi connectivity index (χ2v) is 10.0. The molecule has 4 heteroatoms. The molecule has 1 amide bonds. The molecule has 0 heterocycles. The number of carbonyl (C=O) groups is 1. The minimum atomic E-state index is -0.563. The zero-order chi connectivity index (χ0) is 23.6. The number of rotatable bonds is 4. The highest BCUT2D eigenvalue weighted by Gasteiger charge is 2.38. The van der Waals surface area contributed by atoms with E-state index in [0.29, 0.717) is 11.5 Å². The molecule has 0 bridgehead atoms. The molecule has 1 aliphatic carbocycles. The van der Waals surface area contributed by atoms with Gasteiger partial charge in [-0.1, -0.05) is 54.6 Å². The van der Waals surface area contributed by atoms with Crippen molar-refractivity contribution < 1.29 is 9.53 Å². The van der Waals surface area contributed by atoms with E-state index < -0.39 is 5.60 Å². The van der Waals surface area contributed by atoms with Crippen LogP contribution in [0.15, 0.2) is 66.7 Å². The van der Waals surface area contributed by atoms with Crippen LogP contribution in [-0.4, -0.2) is 22.6 Å². The molecule has 1 aliphatic rings. The monoisotopic (exact) mass is 440 g/mol. The van der Waals surface area contributed by atoms with Gasteiger partial charge < -0.3 is 4.74 Å². The van der Waals surface area contributed by atoms with Gasteiger partial charge in [-0.3, -0.25) is 4.90 Å². The molecule has 0 aromatic heterocycles. The van der Waals surface area contributed by atoms with Crippen LogP contribution in [-0.2, 0) is 4.74 Å². The van der Waals surface area contributed by atoms with Gasteiger partial charge in [-0.05, 0) is 86.9 Å². The highest BCUT2D eigenvalue weighted by molar-refractivity contribution is 5.86. The quantitative estimate of drug-likeness (QED) is 0.426. The summed E-state index contributed by atoms with van der Waals surface area (Å²) in [6.07, 6.45) is 2.50. The number of nitrogens with zero attached hydrogens (tertiary/aromatic N) is 2. The number of amides is 1. The van der Waals surface area contributed by atoms with Gasteiger partial charge >= 0.3 is 6.09 Å². The zero-order valence-electron chi connectivity index (χ0n) is 19.9. The Bertz CT molecular complexity index is 1180. The largest absolute Gasteiger partial charge is 0.444 e. The summed E-state index contributed by atoms with van der Waals surface area (Å²) in [4.78, 5) is 15.5. The molecule has 3 atom stereocenters. The number of ether oxygens (including phenoxy) is 1. The van der Waals surface area contributed by atoms with E-state index in [0.717, 1.165) is 30.2 Å². The van der Waals surface area contributed by atoms with E-state index in [2.05, 4.69) is 49.4 Å². The maximum Gasteiger partial charge on any atom is 0.411 e. The molecule has 0 unspecified atom stereocenters. The van der Waals surface area contributed by atoms with Crippen molar-refractivity contribution in [1.82, 2.24) is 4.90 Å². The van der Waals surface area contributed by atoms with E-state index in [-0.39, 0.29) is 18.2 Å². The summed E-state index contributed by atoms with van der Waals surface area (Å²) in [5.74, 6) is 0.327. The Balaban J connectivity index is 1.67. The molecule has 1 fully saturated rings. The van der Waals surface area contributed by atoms with Crippen LogP contribution in [0.25, 0.3) is 10.8 Å². The topological polar surface area (TPSA) is 53.3 Å². The lowest BCUT2D eigenvalue weighted by atomic mass is 9.95. The molecule has 1 saturated carbocycles. The predicted octanol–water partition coefficient (Wildman–Crippen LogP) is 7.35. The Morgan fingerprint density at radius 1 is 1.06 bits per heavy atom. The van der Waals surface area contributed by atoms with Crippen LogP contribution in [0, 0.1) is 11.3 Å². The maximum absolute atomic E-state index is 13.5. The molecule has 0 radical (unpaired) electrons. The summed E-state index contributed by atoms with van der Waals surface area (Å²) >= 11 is 0. The van der Waals surface area contributed by atoms with E-state index in [1.54, 1.807) is 0 Å². The van der Waals surface area contributed by atoms with Gasteiger partial charge in [0.2, 0.25) is 0 Å². The van der Waals surface area contributed by atoms with Crippen molar-refractivity contribution in [1.29, 1.82) is 5.26 Å². The van der Waals surface area contributed by atoms with Gasteiger partial charge in [-0.15, -0.1) is 0 Å². The summed E-state index contributed by atoms with van der Waals surface area (Å²) < 4.78 is 5.89.